The molecule has 5 nitrogen and oxygen atoms in total. The molecule has 2 heterocycles. The van der Waals surface area contributed by atoms with Gasteiger partial charge in [0.1, 0.15) is 0 Å². The number of piperidine rings is 1. The summed E-state index contributed by atoms with van der Waals surface area (Å²) in [4.78, 5) is 18.0. The molecule has 1 fully saturated rings. The lowest BCUT2D eigenvalue weighted by Gasteiger charge is -2.39. The Morgan fingerprint density at radius 1 is 1.26 bits per heavy atom. The van der Waals surface area contributed by atoms with E-state index in [2.05, 4.69) is 4.98 Å². The van der Waals surface area contributed by atoms with Crippen LogP contribution in [0.3, 0.4) is 0 Å². The van der Waals surface area contributed by atoms with E-state index in [0.29, 0.717) is 32.4 Å². The number of likely N-dealkylation sites (tertiary alicyclic amines) is 1. The van der Waals surface area contributed by atoms with Gasteiger partial charge in [-0.15, -0.1) is 0 Å². The van der Waals surface area contributed by atoms with E-state index in [-0.39, 0.29) is 5.91 Å². The second-order valence-electron chi connectivity index (χ2n) is 4.73. The number of carbonyl (C=O) groups excluding carboxylic acids is 1. The number of hydrogen-bond acceptors (Lipinski definition) is 4. The minimum Gasteiger partial charge on any atom is -0.353 e. The molecule has 1 saturated heterocycles. The molecule has 104 valence electrons. The van der Waals surface area contributed by atoms with Gasteiger partial charge in [0.05, 0.1) is 6.42 Å². The van der Waals surface area contributed by atoms with Crippen LogP contribution in [0.4, 0.5) is 0 Å². The Balaban J connectivity index is 1.89. The number of pyridine rings is 1. The molecule has 0 unspecified atom stereocenters. The first-order valence-corrected chi connectivity index (χ1v) is 6.46. The van der Waals surface area contributed by atoms with Crippen LogP contribution >= 0.6 is 0 Å². The van der Waals surface area contributed by atoms with Crippen molar-refractivity contribution in [2.75, 3.05) is 27.3 Å². The predicted octanol–water partition coefficient (Wildman–Crippen LogP) is 1.24. The van der Waals surface area contributed by atoms with Crippen molar-refractivity contribution in [1.29, 1.82) is 0 Å². The van der Waals surface area contributed by atoms with Crippen LogP contribution in [-0.4, -0.2) is 48.9 Å². The summed E-state index contributed by atoms with van der Waals surface area (Å²) >= 11 is 0. The quantitative estimate of drug-likeness (QED) is 0.768. The Morgan fingerprint density at radius 3 is 2.37 bits per heavy atom. The zero-order chi connectivity index (χ0) is 13.7. The van der Waals surface area contributed by atoms with Crippen LogP contribution in [0.2, 0.25) is 0 Å². The molecular formula is C14H20N2O3. The van der Waals surface area contributed by atoms with Gasteiger partial charge in [0, 0.05) is 52.5 Å². The fraction of sp³-hybridized carbons (Fsp3) is 0.571. The van der Waals surface area contributed by atoms with Crippen molar-refractivity contribution in [3.8, 4) is 0 Å². The molecule has 1 amide bonds. The predicted molar refractivity (Wildman–Crippen MR) is 70.5 cm³/mol. The summed E-state index contributed by atoms with van der Waals surface area (Å²) in [5, 5.41) is 0. The smallest absolute Gasteiger partial charge is 0.226 e. The first kappa shape index (κ1) is 14.0. The number of hydrogen-bond donors (Lipinski definition) is 0. The third-order valence-electron chi connectivity index (χ3n) is 3.73. The lowest BCUT2D eigenvalue weighted by molar-refractivity contribution is -0.228. The van der Waals surface area contributed by atoms with Gasteiger partial charge in [0.2, 0.25) is 5.91 Å². The van der Waals surface area contributed by atoms with E-state index >= 15 is 0 Å². The topological polar surface area (TPSA) is 51.7 Å². The molecule has 1 aromatic heterocycles. The lowest BCUT2D eigenvalue weighted by atomic mass is 10.0. The van der Waals surface area contributed by atoms with Crippen LogP contribution in [0.1, 0.15) is 18.4 Å². The molecule has 1 aliphatic rings. The highest BCUT2D eigenvalue weighted by molar-refractivity contribution is 5.78. The lowest BCUT2D eigenvalue weighted by Crippen LogP contribution is -2.49. The molecule has 0 spiro atoms. The van der Waals surface area contributed by atoms with Crippen LogP contribution < -0.4 is 0 Å². The summed E-state index contributed by atoms with van der Waals surface area (Å²) < 4.78 is 10.8. The van der Waals surface area contributed by atoms with Crippen molar-refractivity contribution in [3.63, 3.8) is 0 Å². The molecule has 0 atom stereocenters. The van der Waals surface area contributed by atoms with E-state index < -0.39 is 5.79 Å². The number of carbonyl (C=O) groups is 1. The summed E-state index contributed by atoms with van der Waals surface area (Å²) in [5.41, 5.74) is 0.996. The average Bonchev–Trinajstić information content (AvgIpc) is 2.48. The van der Waals surface area contributed by atoms with Gasteiger partial charge >= 0.3 is 0 Å². The molecule has 0 N–H and O–H groups in total. The Kier molecular flexibility index (Phi) is 4.50. The fourth-order valence-corrected chi connectivity index (χ4v) is 2.38. The van der Waals surface area contributed by atoms with Crippen LogP contribution in [0.5, 0.6) is 0 Å². The second-order valence-corrected chi connectivity index (χ2v) is 4.73. The van der Waals surface area contributed by atoms with E-state index in [9.17, 15) is 4.79 Å². The molecule has 1 aromatic rings. The molecule has 19 heavy (non-hydrogen) atoms. The second kappa shape index (κ2) is 6.12. The Labute approximate surface area is 113 Å². The van der Waals surface area contributed by atoms with E-state index in [0.717, 1.165) is 5.56 Å². The molecule has 0 radical (unpaired) electrons. The van der Waals surface area contributed by atoms with Gasteiger partial charge in [-0.05, 0) is 17.7 Å². The van der Waals surface area contributed by atoms with Gasteiger partial charge in [0.25, 0.3) is 0 Å². The van der Waals surface area contributed by atoms with E-state index in [1.807, 2.05) is 17.0 Å². The number of rotatable bonds is 4. The first-order chi connectivity index (χ1) is 9.19. The van der Waals surface area contributed by atoms with Crippen molar-refractivity contribution in [3.05, 3.63) is 30.1 Å². The van der Waals surface area contributed by atoms with Crippen molar-refractivity contribution in [1.82, 2.24) is 9.88 Å². The molecule has 0 aromatic carbocycles. The van der Waals surface area contributed by atoms with Crippen molar-refractivity contribution in [2.24, 2.45) is 0 Å². The van der Waals surface area contributed by atoms with Gasteiger partial charge in [-0.25, -0.2) is 0 Å². The van der Waals surface area contributed by atoms with Gasteiger partial charge in [-0.3, -0.25) is 9.78 Å². The number of nitrogens with zero attached hydrogens (tertiary/aromatic N) is 2. The summed E-state index contributed by atoms with van der Waals surface area (Å²) in [6, 6.07) is 3.74. The van der Waals surface area contributed by atoms with Crippen molar-refractivity contribution < 1.29 is 14.3 Å². The standard InChI is InChI=1S/C14H20N2O3/c1-18-14(19-2)5-9-16(10-6-14)13(17)11-12-3-7-15-8-4-12/h3-4,7-8H,5-6,9-11H2,1-2H3. The summed E-state index contributed by atoms with van der Waals surface area (Å²) in [7, 11) is 3.30. The molecule has 0 bridgehead atoms. The molecular weight excluding hydrogens is 244 g/mol. The highest BCUT2D eigenvalue weighted by atomic mass is 16.7. The highest BCUT2D eigenvalue weighted by Crippen LogP contribution is 2.26. The summed E-state index contributed by atoms with van der Waals surface area (Å²) in [5.74, 6) is -0.375. The monoisotopic (exact) mass is 264 g/mol. The van der Waals surface area contributed by atoms with Gasteiger partial charge in [0.15, 0.2) is 5.79 Å². The Morgan fingerprint density at radius 2 is 1.84 bits per heavy atom. The molecule has 0 saturated carbocycles. The number of aromatic nitrogens is 1. The summed E-state index contributed by atoms with van der Waals surface area (Å²) in [6.45, 7) is 1.34. The fourth-order valence-electron chi connectivity index (χ4n) is 2.38. The maximum Gasteiger partial charge on any atom is 0.226 e. The Hall–Kier alpha value is -1.46. The van der Waals surface area contributed by atoms with Crippen LogP contribution in [-0.2, 0) is 20.7 Å². The third kappa shape index (κ3) is 3.30. The Bertz CT molecular complexity index is 408. The van der Waals surface area contributed by atoms with Gasteiger partial charge < -0.3 is 14.4 Å². The third-order valence-corrected chi connectivity index (χ3v) is 3.73. The number of ether oxygens (including phenoxy) is 2. The highest BCUT2D eigenvalue weighted by Gasteiger charge is 2.35. The normalized spacial score (nSPS) is 18.3. The minimum atomic E-state index is -0.520. The number of methoxy groups -OCH3 is 2. The van der Waals surface area contributed by atoms with E-state index in [1.165, 1.54) is 0 Å². The molecule has 5 heteroatoms. The zero-order valence-corrected chi connectivity index (χ0v) is 11.5. The van der Waals surface area contributed by atoms with Crippen LogP contribution in [0.25, 0.3) is 0 Å². The maximum atomic E-state index is 12.2. The van der Waals surface area contributed by atoms with Crippen molar-refractivity contribution >= 4 is 5.91 Å². The molecule has 1 aliphatic heterocycles. The SMILES string of the molecule is COC1(OC)CCN(C(=O)Cc2ccncc2)CC1. The number of amides is 1. The van der Waals surface area contributed by atoms with Crippen LogP contribution in [0.15, 0.2) is 24.5 Å². The summed E-state index contributed by atoms with van der Waals surface area (Å²) in [6.07, 6.45) is 5.26. The van der Waals surface area contributed by atoms with Gasteiger partial charge in [-0.1, -0.05) is 0 Å². The van der Waals surface area contributed by atoms with Crippen LogP contribution in [0, 0.1) is 0 Å². The molecule has 0 aliphatic carbocycles. The maximum absolute atomic E-state index is 12.2. The first-order valence-electron chi connectivity index (χ1n) is 6.46. The zero-order valence-electron chi connectivity index (χ0n) is 11.5. The largest absolute Gasteiger partial charge is 0.353 e. The average molecular weight is 264 g/mol. The molecule has 2 rings (SSSR count). The van der Waals surface area contributed by atoms with E-state index in [1.54, 1.807) is 26.6 Å². The van der Waals surface area contributed by atoms with Gasteiger partial charge in [-0.2, -0.15) is 0 Å². The van der Waals surface area contributed by atoms with E-state index in [4.69, 9.17) is 9.47 Å². The van der Waals surface area contributed by atoms with Crippen molar-refractivity contribution in [2.45, 2.75) is 25.0 Å². The minimum absolute atomic E-state index is 0.145.